The standard InChI is InChI=1S/C14H19NO/c1-11-3-5-13(6-4-11)14-7-9-15(10-8-14)12(2)16/h3-6,14H,7-10H2,1-2H3. The van der Waals surface area contributed by atoms with Gasteiger partial charge in [-0.3, -0.25) is 4.79 Å². The number of aryl methyl sites for hydroxylation is 1. The normalized spacial score (nSPS) is 17.5. The van der Waals surface area contributed by atoms with E-state index in [1.165, 1.54) is 11.1 Å². The maximum Gasteiger partial charge on any atom is 0.219 e. The Balaban J connectivity index is 1.99. The van der Waals surface area contributed by atoms with Crippen molar-refractivity contribution >= 4 is 5.91 Å². The third-order valence-corrected chi connectivity index (χ3v) is 3.49. The van der Waals surface area contributed by atoms with Gasteiger partial charge in [0.25, 0.3) is 0 Å². The summed E-state index contributed by atoms with van der Waals surface area (Å²) in [6.07, 6.45) is 2.20. The van der Waals surface area contributed by atoms with Crippen molar-refractivity contribution in [1.82, 2.24) is 4.90 Å². The van der Waals surface area contributed by atoms with Gasteiger partial charge in [-0.1, -0.05) is 29.8 Å². The largest absolute Gasteiger partial charge is 0.343 e. The van der Waals surface area contributed by atoms with Gasteiger partial charge in [-0.05, 0) is 31.2 Å². The van der Waals surface area contributed by atoms with Gasteiger partial charge in [-0.25, -0.2) is 0 Å². The Kier molecular flexibility index (Phi) is 3.28. The summed E-state index contributed by atoms with van der Waals surface area (Å²) in [5.41, 5.74) is 2.73. The van der Waals surface area contributed by atoms with Gasteiger partial charge in [-0.2, -0.15) is 0 Å². The van der Waals surface area contributed by atoms with E-state index in [4.69, 9.17) is 0 Å². The fourth-order valence-electron chi connectivity index (χ4n) is 2.37. The van der Waals surface area contributed by atoms with Crippen molar-refractivity contribution in [2.24, 2.45) is 0 Å². The van der Waals surface area contributed by atoms with Crippen LogP contribution >= 0.6 is 0 Å². The highest BCUT2D eigenvalue weighted by Crippen LogP contribution is 2.27. The van der Waals surface area contributed by atoms with Crippen LogP contribution in [0.2, 0.25) is 0 Å². The molecule has 1 saturated heterocycles. The summed E-state index contributed by atoms with van der Waals surface area (Å²) in [6.45, 7) is 5.59. The average Bonchev–Trinajstić information content (AvgIpc) is 2.30. The molecule has 0 aromatic heterocycles. The molecular weight excluding hydrogens is 198 g/mol. The summed E-state index contributed by atoms with van der Waals surface area (Å²) < 4.78 is 0. The Hall–Kier alpha value is -1.31. The van der Waals surface area contributed by atoms with Crippen LogP contribution in [-0.2, 0) is 4.79 Å². The molecule has 2 heteroatoms. The third-order valence-electron chi connectivity index (χ3n) is 3.49. The average molecular weight is 217 g/mol. The topological polar surface area (TPSA) is 20.3 Å². The molecule has 0 aliphatic carbocycles. The summed E-state index contributed by atoms with van der Waals surface area (Å²) in [5, 5.41) is 0. The number of benzene rings is 1. The van der Waals surface area contributed by atoms with Crippen LogP contribution in [0.1, 0.15) is 36.8 Å². The molecule has 0 unspecified atom stereocenters. The van der Waals surface area contributed by atoms with Gasteiger partial charge in [-0.15, -0.1) is 0 Å². The Labute approximate surface area is 97.3 Å². The quantitative estimate of drug-likeness (QED) is 0.708. The number of hydrogen-bond acceptors (Lipinski definition) is 1. The summed E-state index contributed by atoms with van der Waals surface area (Å²) >= 11 is 0. The maximum atomic E-state index is 11.2. The molecule has 16 heavy (non-hydrogen) atoms. The van der Waals surface area contributed by atoms with Gasteiger partial charge in [0.2, 0.25) is 5.91 Å². The lowest BCUT2D eigenvalue weighted by atomic mass is 9.89. The zero-order valence-electron chi connectivity index (χ0n) is 10.1. The van der Waals surface area contributed by atoms with Gasteiger partial charge < -0.3 is 4.90 Å². The lowest BCUT2D eigenvalue weighted by Crippen LogP contribution is -2.36. The smallest absolute Gasteiger partial charge is 0.219 e. The van der Waals surface area contributed by atoms with E-state index < -0.39 is 0 Å². The predicted molar refractivity (Wildman–Crippen MR) is 65.4 cm³/mol. The molecule has 0 spiro atoms. The molecule has 0 atom stereocenters. The molecule has 2 nitrogen and oxygen atoms in total. The van der Waals surface area contributed by atoms with Crippen LogP contribution in [0, 0.1) is 6.92 Å². The number of carbonyl (C=O) groups is 1. The first-order chi connectivity index (χ1) is 7.66. The van der Waals surface area contributed by atoms with Crippen LogP contribution in [0.3, 0.4) is 0 Å². The van der Waals surface area contributed by atoms with E-state index in [0.717, 1.165) is 25.9 Å². The fourth-order valence-corrected chi connectivity index (χ4v) is 2.37. The number of nitrogens with zero attached hydrogens (tertiary/aromatic N) is 1. The predicted octanol–water partition coefficient (Wildman–Crippen LogP) is 2.72. The van der Waals surface area contributed by atoms with Crippen molar-refractivity contribution in [3.05, 3.63) is 35.4 Å². The van der Waals surface area contributed by atoms with E-state index in [2.05, 4.69) is 31.2 Å². The number of hydrogen-bond donors (Lipinski definition) is 0. The van der Waals surface area contributed by atoms with Gasteiger partial charge in [0.1, 0.15) is 0 Å². The summed E-state index contributed by atoms with van der Waals surface area (Å²) in [5.74, 6) is 0.846. The third kappa shape index (κ3) is 2.43. The monoisotopic (exact) mass is 217 g/mol. The Morgan fingerprint density at radius 1 is 1.19 bits per heavy atom. The molecule has 1 amide bonds. The van der Waals surface area contributed by atoms with Crippen LogP contribution in [-0.4, -0.2) is 23.9 Å². The second-order valence-electron chi connectivity index (χ2n) is 4.69. The lowest BCUT2D eigenvalue weighted by molar-refractivity contribution is -0.129. The van der Waals surface area contributed by atoms with Crippen LogP contribution in [0.25, 0.3) is 0 Å². The summed E-state index contributed by atoms with van der Waals surface area (Å²) in [7, 11) is 0. The van der Waals surface area contributed by atoms with Crippen LogP contribution < -0.4 is 0 Å². The minimum absolute atomic E-state index is 0.211. The minimum atomic E-state index is 0.211. The molecule has 0 bridgehead atoms. The zero-order valence-corrected chi connectivity index (χ0v) is 10.1. The number of piperidine rings is 1. The van der Waals surface area contributed by atoms with Crippen LogP contribution in [0.15, 0.2) is 24.3 Å². The molecule has 1 fully saturated rings. The number of carbonyl (C=O) groups excluding carboxylic acids is 1. The second-order valence-corrected chi connectivity index (χ2v) is 4.69. The minimum Gasteiger partial charge on any atom is -0.343 e. The van der Waals surface area contributed by atoms with E-state index in [0.29, 0.717) is 5.92 Å². The summed E-state index contributed by atoms with van der Waals surface area (Å²) in [4.78, 5) is 13.2. The Morgan fingerprint density at radius 3 is 2.25 bits per heavy atom. The molecule has 1 aliphatic rings. The molecular formula is C14H19NO. The molecule has 2 rings (SSSR count). The molecule has 1 heterocycles. The zero-order chi connectivity index (χ0) is 11.5. The second kappa shape index (κ2) is 4.69. The maximum absolute atomic E-state index is 11.2. The molecule has 0 saturated carbocycles. The van der Waals surface area contributed by atoms with E-state index >= 15 is 0 Å². The van der Waals surface area contributed by atoms with E-state index in [1.54, 1.807) is 6.92 Å². The van der Waals surface area contributed by atoms with E-state index in [9.17, 15) is 4.79 Å². The first-order valence-corrected chi connectivity index (χ1v) is 5.99. The van der Waals surface area contributed by atoms with Crippen molar-refractivity contribution in [3.8, 4) is 0 Å². The van der Waals surface area contributed by atoms with Crippen molar-refractivity contribution < 1.29 is 4.79 Å². The van der Waals surface area contributed by atoms with Gasteiger partial charge in [0.05, 0.1) is 0 Å². The van der Waals surface area contributed by atoms with E-state index in [-0.39, 0.29) is 5.91 Å². The van der Waals surface area contributed by atoms with Gasteiger partial charge in [0, 0.05) is 20.0 Å². The highest BCUT2D eigenvalue weighted by atomic mass is 16.2. The van der Waals surface area contributed by atoms with Crippen molar-refractivity contribution in [2.75, 3.05) is 13.1 Å². The lowest BCUT2D eigenvalue weighted by Gasteiger charge is -2.31. The van der Waals surface area contributed by atoms with Gasteiger partial charge in [0.15, 0.2) is 0 Å². The molecule has 1 aromatic carbocycles. The molecule has 0 N–H and O–H groups in total. The number of amides is 1. The molecule has 1 aromatic rings. The Morgan fingerprint density at radius 2 is 1.75 bits per heavy atom. The van der Waals surface area contributed by atoms with Crippen LogP contribution in [0.4, 0.5) is 0 Å². The summed E-state index contributed by atoms with van der Waals surface area (Å²) in [6, 6.07) is 8.80. The van der Waals surface area contributed by atoms with Crippen LogP contribution in [0.5, 0.6) is 0 Å². The number of rotatable bonds is 1. The first-order valence-electron chi connectivity index (χ1n) is 5.99. The van der Waals surface area contributed by atoms with Crippen molar-refractivity contribution in [1.29, 1.82) is 0 Å². The first kappa shape index (κ1) is 11.2. The van der Waals surface area contributed by atoms with Gasteiger partial charge >= 0.3 is 0 Å². The molecule has 86 valence electrons. The SMILES string of the molecule is CC(=O)N1CCC(c2ccc(C)cc2)CC1. The van der Waals surface area contributed by atoms with E-state index in [1.807, 2.05) is 4.90 Å². The van der Waals surface area contributed by atoms with Crippen molar-refractivity contribution in [2.45, 2.75) is 32.6 Å². The number of likely N-dealkylation sites (tertiary alicyclic amines) is 1. The highest BCUT2D eigenvalue weighted by molar-refractivity contribution is 5.73. The molecule has 1 aliphatic heterocycles. The fraction of sp³-hybridized carbons (Fsp3) is 0.500. The van der Waals surface area contributed by atoms with Crippen molar-refractivity contribution in [3.63, 3.8) is 0 Å². The molecule has 0 radical (unpaired) electrons. The highest BCUT2D eigenvalue weighted by Gasteiger charge is 2.21. The Bertz CT molecular complexity index is 361.